The van der Waals surface area contributed by atoms with Crippen LogP contribution in [0, 0.1) is 11.3 Å². The number of fused-ring (bicyclic) bond motifs is 1. The SMILES string of the molecule is CC(C)C(=O)OCC1(COP(=O)(O)O)C/C1=C\n1cnc2c(=O)[nH]c(N)nc21. The van der Waals surface area contributed by atoms with Crippen molar-refractivity contribution >= 4 is 37.1 Å². The van der Waals surface area contributed by atoms with Crippen molar-refractivity contribution in [3.05, 3.63) is 22.3 Å². The first-order valence-electron chi connectivity index (χ1n) is 8.31. The molecule has 0 amide bonds. The molecule has 0 bridgehead atoms. The van der Waals surface area contributed by atoms with E-state index >= 15 is 0 Å². The van der Waals surface area contributed by atoms with Crippen molar-refractivity contribution in [1.82, 2.24) is 19.5 Å². The zero-order valence-electron chi connectivity index (χ0n) is 15.2. The van der Waals surface area contributed by atoms with Gasteiger partial charge in [-0.05, 0) is 12.0 Å². The molecule has 1 aliphatic carbocycles. The van der Waals surface area contributed by atoms with Gasteiger partial charge in [0, 0.05) is 6.20 Å². The number of nitrogens with zero attached hydrogens (tertiary/aromatic N) is 3. The monoisotopic (exact) mass is 413 g/mol. The minimum Gasteiger partial charge on any atom is -0.464 e. The Balaban J connectivity index is 1.88. The molecule has 0 aromatic carbocycles. The molecule has 1 atom stereocenters. The molecule has 1 saturated carbocycles. The molecule has 3 rings (SSSR count). The maximum atomic E-state index is 11.9. The van der Waals surface area contributed by atoms with Gasteiger partial charge < -0.3 is 20.3 Å². The van der Waals surface area contributed by atoms with Gasteiger partial charge in [0.05, 0.1) is 17.9 Å². The smallest absolute Gasteiger partial charge is 0.464 e. The van der Waals surface area contributed by atoms with Crippen molar-refractivity contribution in [2.75, 3.05) is 18.9 Å². The zero-order chi connectivity index (χ0) is 20.7. The van der Waals surface area contributed by atoms with Crippen molar-refractivity contribution in [2.45, 2.75) is 20.3 Å². The maximum Gasteiger partial charge on any atom is 0.469 e. The first kappa shape index (κ1) is 20.2. The van der Waals surface area contributed by atoms with Crippen LogP contribution >= 0.6 is 7.82 Å². The lowest BCUT2D eigenvalue weighted by atomic mass is 10.1. The van der Waals surface area contributed by atoms with Crippen LogP contribution < -0.4 is 11.3 Å². The number of hydrogen-bond acceptors (Lipinski definition) is 8. The number of carbonyl (C=O) groups is 1. The number of anilines is 1. The highest BCUT2D eigenvalue weighted by molar-refractivity contribution is 7.46. The van der Waals surface area contributed by atoms with Gasteiger partial charge in [0.2, 0.25) is 5.95 Å². The fourth-order valence-electron chi connectivity index (χ4n) is 2.62. The first-order chi connectivity index (χ1) is 13.0. The molecule has 2 aromatic heterocycles. The minimum atomic E-state index is -4.70. The molecule has 0 saturated heterocycles. The summed E-state index contributed by atoms with van der Waals surface area (Å²) in [5.41, 5.74) is 5.21. The van der Waals surface area contributed by atoms with Gasteiger partial charge >= 0.3 is 13.8 Å². The molecule has 2 heterocycles. The topological polar surface area (TPSA) is 183 Å². The lowest BCUT2D eigenvalue weighted by Crippen LogP contribution is -2.22. The molecule has 1 aliphatic rings. The number of H-pyrrole nitrogens is 1. The van der Waals surface area contributed by atoms with E-state index in [1.807, 2.05) is 0 Å². The predicted molar refractivity (Wildman–Crippen MR) is 97.7 cm³/mol. The number of nitrogen functional groups attached to an aromatic ring is 1. The number of ether oxygens (including phenoxy) is 1. The van der Waals surface area contributed by atoms with Crippen LogP contribution in [0.5, 0.6) is 0 Å². The predicted octanol–water partition coefficient (Wildman–Crippen LogP) is 0.241. The second-order valence-corrected chi connectivity index (χ2v) is 8.15. The van der Waals surface area contributed by atoms with Gasteiger partial charge in [0.1, 0.15) is 12.9 Å². The highest BCUT2D eigenvalue weighted by Crippen LogP contribution is 2.55. The number of nitrogens with two attached hydrogens (primary N) is 1. The van der Waals surface area contributed by atoms with E-state index in [0.29, 0.717) is 12.0 Å². The Morgan fingerprint density at radius 2 is 2.21 bits per heavy atom. The van der Waals surface area contributed by atoms with Gasteiger partial charge in [-0.1, -0.05) is 13.8 Å². The zero-order valence-corrected chi connectivity index (χ0v) is 16.0. The third-order valence-electron chi connectivity index (χ3n) is 4.30. The fraction of sp³-hybridized carbons (Fsp3) is 0.467. The number of nitrogens with one attached hydrogen (secondary N) is 1. The summed E-state index contributed by atoms with van der Waals surface area (Å²) in [6.07, 6.45) is 3.34. The molecule has 13 heteroatoms. The fourth-order valence-corrected chi connectivity index (χ4v) is 3.04. The van der Waals surface area contributed by atoms with Crippen molar-refractivity contribution in [3.8, 4) is 0 Å². The van der Waals surface area contributed by atoms with Crippen LogP contribution in [-0.2, 0) is 18.6 Å². The molecule has 5 N–H and O–H groups in total. The van der Waals surface area contributed by atoms with Crippen molar-refractivity contribution in [3.63, 3.8) is 0 Å². The summed E-state index contributed by atoms with van der Waals surface area (Å²) in [4.78, 5) is 52.0. The summed E-state index contributed by atoms with van der Waals surface area (Å²) >= 11 is 0. The molecule has 1 fully saturated rings. The second kappa shape index (κ2) is 7.13. The van der Waals surface area contributed by atoms with Crippen LogP contribution in [0.2, 0.25) is 0 Å². The quantitative estimate of drug-likeness (QED) is 0.362. The second-order valence-electron chi connectivity index (χ2n) is 6.91. The van der Waals surface area contributed by atoms with Crippen LogP contribution in [0.3, 0.4) is 0 Å². The van der Waals surface area contributed by atoms with Crippen molar-refractivity contribution in [2.24, 2.45) is 11.3 Å². The third kappa shape index (κ3) is 4.30. The summed E-state index contributed by atoms with van der Waals surface area (Å²) < 4.78 is 22.5. The Morgan fingerprint density at radius 1 is 1.50 bits per heavy atom. The number of phosphoric acid groups is 1. The van der Waals surface area contributed by atoms with E-state index < -0.39 is 24.8 Å². The molecule has 0 radical (unpaired) electrons. The average Bonchev–Trinajstić information content (AvgIpc) is 3.11. The average molecular weight is 413 g/mol. The third-order valence-corrected chi connectivity index (χ3v) is 4.77. The molecule has 152 valence electrons. The Hall–Kier alpha value is -2.53. The first-order valence-corrected chi connectivity index (χ1v) is 9.84. The van der Waals surface area contributed by atoms with E-state index in [2.05, 4.69) is 19.5 Å². The normalized spacial score (nSPS) is 20.8. The number of carbonyl (C=O) groups excluding carboxylic acids is 1. The minimum absolute atomic E-state index is 0.0737. The van der Waals surface area contributed by atoms with E-state index in [0.717, 1.165) is 0 Å². The van der Waals surface area contributed by atoms with Gasteiger partial charge in [-0.25, -0.2) is 9.55 Å². The number of phosphoric ester groups is 1. The Labute approximate surface area is 158 Å². The standard InChI is InChI=1S/C15H20N5O7P/c1-8(2)13(22)26-5-15(6-27-28(23,24)25)3-9(15)4-20-7-17-10-11(20)18-14(16)19-12(10)21/h4,7-8H,3,5-6H2,1-2H3,(H2,23,24,25)(H3,16,18,19,21)/b9-4+. The number of aromatic amines is 1. The Morgan fingerprint density at radius 3 is 2.86 bits per heavy atom. The summed E-state index contributed by atoms with van der Waals surface area (Å²) in [6.45, 7) is 2.92. The Bertz CT molecular complexity index is 1050. The van der Waals surface area contributed by atoms with E-state index in [1.54, 1.807) is 20.0 Å². The molecule has 0 spiro atoms. The van der Waals surface area contributed by atoms with E-state index in [4.69, 9.17) is 20.3 Å². The van der Waals surface area contributed by atoms with Crippen LogP contribution in [0.1, 0.15) is 20.3 Å². The lowest BCUT2D eigenvalue weighted by molar-refractivity contribution is -0.149. The molecule has 12 nitrogen and oxygen atoms in total. The van der Waals surface area contributed by atoms with Crippen molar-refractivity contribution in [1.29, 1.82) is 0 Å². The van der Waals surface area contributed by atoms with Gasteiger partial charge in [0.25, 0.3) is 5.56 Å². The van der Waals surface area contributed by atoms with Gasteiger partial charge in [0.15, 0.2) is 11.2 Å². The molecular formula is C15H20N5O7P. The van der Waals surface area contributed by atoms with E-state index in [-0.39, 0.29) is 36.2 Å². The highest BCUT2D eigenvalue weighted by Gasteiger charge is 2.51. The number of hydrogen-bond donors (Lipinski definition) is 4. The maximum absolute atomic E-state index is 11.9. The van der Waals surface area contributed by atoms with Gasteiger partial charge in [-0.3, -0.25) is 23.7 Å². The molecular weight excluding hydrogens is 393 g/mol. The molecule has 2 aromatic rings. The lowest BCUT2D eigenvalue weighted by Gasteiger charge is -2.17. The number of rotatable bonds is 7. The molecule has 28 heavy (non-hydrogen) atoms. The summed E-state index contributed by atoms with van der Waals surface area (Å²) in [5, 5.41) is 0. The molecule has 0 aliphatic heterocycles. The highest BCUT2D eigenvalue weighted by atomic mass is 31.2. The van der Waals surface area contributed by atoms with Gasteiger partial charge in [-0.15, -0.1) is 0 Å². The summed E-state index contributed by atoms with van der Waals surface area (Å²) in [6, 6.07) is 0. The van der Waals surface area contributed by atoms with Crippen LogP contribution in [0.15, 0.2) is 16.7 Å². The number of imidazole rings is 1. The summed E-state index contributed by atoms with van der Waals surface area (Å²) in [7, 11) is -4.70. The van der Waals surface area contributed by atoms with Crippen LogP contribution in [0.4, 0.5) is 5.95 Å². The largest absolute Gasteiger partial charge is 0.469 e. The van der Waals surface area contributed by atoms with E-state index in [1.165, 1.54) is 10.9 Å². The summed E-state index contributed by atoms with van der Waals surface area (Å²) in [5.74, 6) is -0.853. The van der Waals surface area contributed by atoms with Crippen LogP contribution in [0.25, 0.3) is 17.4 Å². The number of aromatic nitrogens is 4. The number of esters is 1. The van der Waals surface area contributed by atoms with Crippen LogP contribution in [-0.4, -0.2) is 48.5 Å². The van der Waals surface area contributed by atoms with Gasteiger partial charge in [-0.2, -0.15) is 4.98 Å². The Kier molecular flexibility index (Phi) is 5.15. The van der Waals surface area contributed by atoms with E-state index in [9.17, 15) is 14.2 Å². The van der Waals surface area contributed by atoms with Crippen molar-refractivity contribution < 1.29 is 28.4 Å². The molecule has 1 unspecified atom stereocenters.